The number of pyridine rings is 1. The lowest BCUT2D eigenvalue weighted by Gasteiger charge is -2.05. The van der Waals surface area contributed by atoms with E-state index >= 15 is 0 Å². The van der Waals surface area contributed by atoms with Crippen molar-refractivity contribution in [3.8, 4) is 0 Å². The number of halogens is 2. The van der Waals surface area contributed by atoms with Gasteiger partial charge in [-0.15, -0.1) is 0 Å². The van der Waals surface area contributed by atoms with Crippen LogP contribution in [0.15, 0.2) is 6.07 Å². The van der Waals surface area contributed by atoms with Crippen LogP contribution in [-0.4, -0.2) is 11.3 Å². The summed E-state index contributed by atoms with van der Waals surface area (Å²) >= 11 is 0. The molecule has 0 radical (unpaired) electrons. The zero-order valence-electron chi connectivity index (χ0n) is 6.92. The molecule has 0 amide bonds. The molecule has 0 spiro atoms. The van der Waals surface area contributed by atoms with Crippen molar-refractivity contribution in [2.75, 3.05) is 5.73 Å². The molecule has 0 aromatic carbocycles. The number of hydrogen-bond donors (Lipinski definition) is 1. The Labute approximate surface area is 73.6 Å². The Balaban J connectivity index is 3.32. The molecule has 1 aromatic rings. The third kappa shape index (κ3) is 1.80. The monoisotopic (exact) mass is 186 g/mol. The number of aryl methyl sites for hydroxylation is 1. The van der Waals surface area contributed by atoms with Gasteiger partial charge in [0.05, 0.1) is 11.4 Å². The molecule has 0 aliphatic rings. The van der Waals surface area contributed by atoms with E-state index in [1.807, 2.05) is 0 Å². The zero-order chi connectivity index (χ0) is 10.0. The summed E-state index contributed by atoms with van der Waals surface area (Å²) in [5, 5.41) is 0. The standard InChI is InChI=1S/C8H8F2N2O/c1-4-6(11)2-5(3-13)7(12-4)8(9)10/h2-3,8H,11H2,1H3. The number of alkyl halides is 2. The predicted octanol–water partition coefficient (Wildman–Crippen LogP) is 1.72. The van der Waals surface area contributed by atoms with E-state index in [4.69, 9.17) is 5.73 Å². The molecular weight excluding hydrogens is 178 g/mol. The molecule has 0 aliphatic carbocycles. The maximum absolute atomic E-state index is 12.3. The fourth-order valence-corrected chi connectivity index (χ4v) is 0.925. The summed E-state index contributed by atoms with van der Waals surface area (Å²) < 4.78 is 24.5. The lowest BCUT2D eigenvalue weighted by molar-refractivity contribution is 0.110. The normalized spacial score (nSPS) is 10.5. The molecule has 70 valence electrons. The summed E-state index contributed by atoms with van der Waals surface area (Å²) in [6.07, 6.45) is -2.43. The van der Waals surface area contributed by atoms with E-state index in [1.54, 1.807) is 0 Å². The Morgan fingerprint density at radius 3 is 2.69 bits per heavy atom. The minimum Gasteiger partial charge on any atom is -0.397 e. The average molecular weight is 186 g/mol. The second kappa shape index (κ2) is 3.47. The number of anilines is 1. The fraction of sp³-hybridized carbons (Fsp3) is 0.250. The number of aromatic nitrogens is 1. The molecule has 0 saturated carbocycles. The van der Waals surface area contributed by atoms with Gasteiger partial charge in [-0.3, -0.25) is 4.79 Å². The van der Waals surface area contributed by atoms with Gasteiger partial charge in [-0.2, -0.15) is 0 Å². The van der Waals surface area contributed by atoms with Crippen LogP contribution in [0.1, 0.15) is 28.2 Å². The van der Waals surface area contributed by atoms with E-state index in [9.17, 15) is 13.6 Å². The highest BCUT2D eigenvalue weighted by molar-refractivity contribution is 5.78. The molecule has 13 heavy (non-hydrogen) atoms. The molecule has 0 unspecified atom stereocenters. The molecule has 0 saturated heterocycles. The number of carbonyl (C=O) groups excluding carboxylic acids is 1. The molecule has 3 nitrogen and oxygen atoms in total. The van der Waals surface area contributed by atoms with Crippen LogP contribution >= 0.6 is 0 Å². The molecular formula is C8H8F2N2O. The van der Waals surface area contributed by atoms with Gasteiger partial charge in [0, 0.05) is 5.56 Å². The van der Waals surface area contributed by atoms with Crippen LogP contribution in [0, 0.1) is 6.92 Å². The third-order valence-corrected chi connectivity index (χ3v) is 1.65. The highest BCUT2D eigenvalue weighted by Crippen LogP contribution is 2.22. The lowest BCUT2D eigenvalue weighted by atomic mass is 10.1. The molecule has 5 heteroatoms. The first kappa shape index (κ1) is 9.57. The first-order valence-electron chi connectivity index (χ1n) is 3.56. The SMILES string of the molecule is Cc1nc(C(F)F)c(C=O)cc1N. The summed E-state index contributed by atoms with van der Waals surface area (Å²) in [5.41, 5.74) is 5.28. The number of nitrogens with two attached hydrogens (primary N) is 1. The van der Waals surface area contributed by atoms with E-state index in [-0.39, 0.29) is 11.3 Å². The van der Waals surface area contributed by atoms with Crippen molar-refractivity contribution >= 4 is 12.0 Å². The van der Waals surface area contributed by atoms with E-state index in [1.165, 1.54) is 13.0 Å². The molecule has 2 N–H and O–H groups in total. The number of carbonyl (C=O) groups is 1. The smallest absolute Gasteiger partial charge is 0.281 e. The van der Waals surface area contributed by atoms with Crippen molar-refractivity contribution < 1.29 is 13.6 Å². The van der Waals surface area contributed by atoms with Gasteiger partial charge in [-0.05, 0) is 13.0 Å². The van der Waals surface area contributed by atoms with Crippen LogP contribution < -0.4 is 5.73 Å². The van der Waals surface area contributed by atoms with Crippen LogP contribution in [0.4, 0.5) is 14.5 Å². The van der Waals surface area contributed by atoms with Crippen molar-refractivity contribution in [3.05, 3.63) is 23.0 Å². The Morgan fingerprint density at radius 2 is 2.23 bits per heavy atom. The van der Waals surface area contributed by atoms with Crippen LogP contribution in [0.5, 0.6) is 0 Å². The van der Waals surface area contributed by atoms with E-state index in [0.29, 0.717) is 12.0 Å². The van der Waals surface area contributed by atoms with E-state index in [2.05, 4.69) is 4.98 Å². The molecule has 0 atom stereocenters. The number of nitrogen functional groups attached to an aromatic ring is 1. The highest BCUT2D eigenvalue weighted by Gasteiger charge is 2.15. The van der Waals surface area contributed by atoms with Crippen LogP contribution in [0.25, 0.3) is 0 Å². The lowest BCUT2D eigenvalue weighted by Crippen LogP contribution is -2.03. The van der Waals surface area contributed by atoms with Crippen LogP contribution in [-0.2, 0) is 0 Å². The van der Waals surface area contributed by atoms with Gasteiger partial charge in [0.25, 0.3) is 6.43 Å². The summed E-state index contributed by atoms with van der Waals surface area (Å²) in [4.78, 5) is 13.9. The maximum atomic E-state index is 12.3. The molecule has 0 bridgehead atoms. The van der Waals surface area contributed by atoms with Gasteiger partial charge in [-0.1, -0.05) is 0 Å². The van der Waals surface area contributed by atoms with Gasteiger partial charge < -0.3 is 5.73 Å². The second-order valence-electron chi connectivity index (χ2n) is 2.56. The van der Waals surface area contributed by atoms with Gasteiger partial charge in [0.2, 0.25) is 0 Å². The highest BCUT2D eigenvalue weighted by atomic mass is 19.3. The van der Waals surface area contributed by atoms with E-state index < -0.39 is 12.1 Å². The first-order chi connectivity index (χ1) is 6.06. The number of nitrogens with zero attached hydrogens (tertiary/aromatic N) is 1. The van der Waals surface area contributed by atoms with Gasteiger partial charge in [0.1, 0.15) is 5.69 Å². The van der Waals surface area contributed by atoms with Gasteiger partial charge in [-0.25, -0.2) is 13.8 Å². The van der Waals surface area contributed by atoms with Crippen molar-refractivity contribution in [2.45, 2.75) is 13.3 Å². The Morgan fingerprint density at radius 1 is 1.62 bits per heavy atom. The maximum Gasteiger partial charge on any atom is 0.281 e. The Kier molecular flexibility index (Phi) is 2.55. The van der Waals surface area contributed by atoms with Crippen molar-refractivity contribution in [3.63, 3.8) is 0 Å². The molecule has 1 aromatic heterocycles. The third-order valence-electron chi connectivity index (χ3n) is 1.65. The van der Waals surface area contributed by atoms with Crippen molar-refractivity contribution in [1.29, 1.82) is 0 Å². The van der Waals surface area contributed by atoms with Crippen LogP contribution in [0.3, 0.4) is 0 Å². The topological polar surface area (TPSA) is 56.0 Å². The second-order valence-corrected chi connectivity index (χ2v) is 2.56. The number of hydrogen-bond acceptors (Lipinski definition) is 3. The predicted molar refractivity (Wildman–Crippen MR) is 43.7 cm³/mol. The minimum absolute atomic E-state index is 0.155. The average Bonchev–Trinajstić information content (AvgIpc) is 2.08. The summed E-state index contributed by atoms with van der Waals surface area (Å²) in [5.74, 6) is 0. The molecule has 1 heterocycles. The Bertz CT molecular complexity index is 339. The van der Waals surface area contributed by atoms with Gasteiger partial charge >= 0.3 is 0 Å². The summed E-state index contributed by atoms with van der Waals surface area (Å²) in [6, 6.07) is 1.21. The molecule has 0 aliphatic heterocycles. The minimum atomic E-state index is -2.75. The fourth-order valence-electron chi connectivity index (χ4n) is 0.925. The molecule has 1 rings (SSSR count). The summed E-state index contributed by atoms with van der Waals surface area (Å²) in [7, 11) is 0. The molecule has 0 fully saturated rings. The van der Waals surface area contributed by atoms with Crippen LogP contribution in [0.2, 0.25) is 0 Å². The zero-order valence-corrected chi connectivity index (χ0v) is 6.92. The number of rotatable bonds is 2. The van der Waals surface area contributed by atoms with E-state index in [0.717, 1.165) is 0 Å². The van der Waals surface area contributed by atoms with Gasteiger partial charge in [0.15, 0.2) is 6.29 Å². The summed E-state index contributed by atoms with van der Waals surface area (Å²) in [6.45, 7) is 1.51. The largest absolute Gasteiger partial charge is 0.397 e. The number of aldehydes is 1. The Hall–Kier alpha value is -1.52. The first-order valence-corrected chi connectivity index (χ1v) is 3.56. The van der Waals surface area contributed by atoms with Crippen molar-refractivity contribution in [1.82, 2.24) is 4.98 Å². The quantitative estimate of drug-likeness (QED) is 0.715. The van der Waals surface area contributed by atoms with Crippen molar-refractivity contribution in [2.24, 2.45) is 0 Å².